The zero-order chi connectivity index (χ0) is 16.3. The minimum atomic E-state index is -3.17. The van der Waals surface area contributed by atoms with Crippen LogP contribution in [0.1, 0.15) is 30.0 Å². The lowest BCUT2D eigenvalue weighted by Gasteiger charge is -2.18. The van der Waals surface area contributed by atoms with Crippen molar-refractivity contribution >= 4 is 10.0 Å². The van der Waals surface area contributed by atoms with Gasteiger partial charge in [-0.05, 0) is 43.5 Å². The summed E-state index contributed by atoms with van der Waals surface area (Å²) in [7, 11) is -1.49. The van der Waals surface area contributed by atoms with Gasteiger partial charge in [0.25, 0.3) is 0 Å². The number of hydrogen-bond acceptors (Lipinski definition) is 4. The molecule has 0 amide bonds. The first kappa shape index (κ1) is 17.2. The maximum Gasteiger partial charge on any atom is 0.215 e. The number of sulfonamides is 1. The van der Waals surface area contributed by atoms with Crippen LogP contribution >= 0.6 is 0 Å². The molecule has 1 heterocycles. The van der Waals surface area contributed by atoms with Crippen LogP contribution in [0, 0.1) is 13.8 Å². The normalized spacial score (nSPS) is 19.5. The van der Waals surface area contributed by atoms with Gasteiger partial charge in [0.1, 0.15) is 5.75 Å². The van der Waals surface area contributed by atoms with E-state index in [0.29, 0.717) is 19.5 Å². The Morgan fingerprint density at radius 2 is 1.95 bits per heavy atom. The van der Waals surface area contributed by atoms with E-state index in [4.69, 9.17) is 4.74 Å². The zero-order valence-electron chi connectivity index (χ0n) is 13.8. The van der Waals surface area contributed by atoms with E-state index < -0.39 is 10.0 Å². The molecule has 1 atom stereocenters. The summed E-state index contributed by atoms with van der Waals surface area (Å²) in [6.07, 6.45) is 0.698. The third-order valence-electron chi connectivity index (χ3n) is 4.14. The molecule has 5 nitrogen and oxygen atoms in total. The summed E-state index contributed by atoms with van der Waals surface area (Å²) in [5.74, 6) is 0.928. The summed E-state index contributed by atoms with van der Waals surface area (Å²) in [4.78, 5) is 2.21. The van der Waals surface area contributed by atoms with Gasteiger partial charge in [0, 0.05) is 19.6 Å². The van der Waals surface area contributed by atoms with E-state index in [1.165, 1.54) is 5.56 Å². The van der Waals surface area contributed by atoms with Crippen molar-refractivity contribution in [3.8, 4) is 5.75 Å². The number of methoxy groups -OCH3 is 1. The number of ether oxygens (including phenoxy) is 1. The zero-order valence-corrected chi connectivity index (χ0v) is 14.7. The Morgan fingerprint density at radius 1 is 1.32 bits per heavy atom. The molecule has 0 aliphatic carbocycles. The van der Waals surface area contributed by atoms with Crippen molar-refractivity contribution in [1.82, 2.24) is 9.62 Å². The van der Waals surface area contributed by atoms with Crippen LogP contribution in [-0.4, -0.2) is 45.3 Å². The van der Waals surface area contributed by atoms with Gasteiger partial charge in [-0.3, -0.25) is 4.90 Å². The highest BCUT2D eigenvalue weighted by atomic mass is 32.2. The van der Waals surface area contributed by atoms with E-state index in [1.807, 2.05) is 20.8 Å². The third-order valence-corrected chi connectivity index (χ3v) is 6.10. The van der Waals surface area contributed by atoms with Crippen LogP contribution in [0.5, 0.6) is 5.75 Å². The minimum Gasteiger partial charge on any atom is -0.496 e. The fraction of sp³-hybridized carbons (Fsp3) is 0.625. The highest BCUT2D eigenvalue weighted by Crippen LogP contribution is 2.26. The molecule has 0 radical (unpaired) electrons. The number of likely N-dealkylation sites (tertiary alicyclic amines) is 1. The first-order valence-electron chi connectivity index (χ1n) is 7.72. The van der Waals surface area contributed by atoms with Crippen molar-refractivity contribution in [2.45, 2.75) is 39.0 Å². The Labute approximate surface area is 133 Å². The monoisotopic (exact) mass is 326 g/mol. The molecule has 0 saturated carbocycles. The second-order valence-electron chi connectivity index (χ2n) is 5.95. The highest BCUT2D eigenvalue weighted by Gasteiger charge is 2.32. The standard InChI is InChI=1S/C16H26N2O3S/c1-5-17-22(19,20)15-6-7-18(11-15)10-14-8-12(2)16(21-4)13(3)9-14/h8-9,15,17H,5-7,10-11H2,1-4H3. The highest BCUT2D eigenvalue weighted by molar-refractivity contribution is 7.90. The Hall–Kier alpha value is -1.11. The van der Waals surface area contributed by atoms with Crippen molar-refractivity contribution in [3.63, 3.8) is 0 Å². The number of nitrogens with one attached hydrogen (secondary N) is 1. The summed E-state index contributed by atoms with van der Waals surface area (Å²) in [6, 6.07) is 4.25. The molecule has 1 N–H and O–H groups in total. The molecule has 1 aromatic rings. The van der Waals surface area contributed by atoms with Crippen LogP contribution in [0.15, 0.2) is 12.1 Å². The van der Waals surface area contributed by atoms with Gasteiger partial charge in [-0.1, -0.05) is 19.1 Å². The van der Waals surface area contributed by atoms with Gasteiger partial charge in [0.2, 0.25) is 10.0 Å². The molecular weight excluding hydrogens is 300 g/mol. The van der Waals surface area contributed by atoms with Crippen LogP contribution in [0.3, 0.4) is 0 Å². The Bertz CT molecular complexity index is 605. The largest absolute Gasteiger partial charge is 0.496 e. The second kappa shape index (κ2) is 6.98. The van der Waals surface area contributed by atoms with Crippen molar-refractivity contribution < 1.29 is 13.2 Å². The van der Waals surface area contributed by atoms with Crippen molar-refractivity contribution in [2.75, 3.05) is 26.7 Å². The summed E-state index contributed by atoms with van der Waals surface area (Å²) < 4.78 is 32.1. The molecule has 1 saturated heterocycles. The molecule has 22 heavy (non-hydrogen) atoms. The van der Waals surface area contributed by atoms with Crippen molar-refractivity contribution in [2.24, 2.45) is 0 Å². The summed E-state index contributed by atoms with van der Waals surface area (Å²) >= 11 is 0. The van der Waals surface area contributed by atoms with E-state index in [9.17, 15) is 8.42 Å². The van der Waals surface area contributed by atoms with E-state index in [0.717, 1.165) is 30.0 Å². The van der Waals surface area contributed by atoms with E-state index >= 15 is 0 Å². The third kappa shape index (κ3) is 3.80. The molecule has 1 aromatic carbocycles. The Balaban J connectivity index is 2.05. The molecule has 6 heteroatoms. The van der Waals surface area contributed by atoms with Gasteiger partial charge in [-0.15, -0.1) is 0 Å². The van der Waals surface area contributed by atoms with E-state index in [-0.39, 0.29) is 5.25 Å². The van der Waals surface area contributed by atoms with Crippen LogP contribution < -0.4 is 9.46 Å². The first-order chi connectivity index (χ1) is 10.4. The van der Waals surface area contributed by atoms with Gasteiger partial charge >= 0.3 is 0 Å². The van der Waals surface area contributed by atoms with Crippen molar-refractivity contribution in [1.29, 1.82) is 0 Å². The van der Waals surface area contributed by atoms with Crippen molar-refractivity contribution in [3.05, 3.63) is 28.8 Å². The van der Waals surface area contributed by atoms with Gasteiger partial charge in [-0.2, -0.15) is 0 Å². The summed E-state index contributed by atoms with van der Waals surface area (Å²) in [6.45, 7) is 8.54. The summed E-state index contributed by atoms with van der Waals surface area (Å²) in [5, 5.41) is -0.298. The van der Waals surface area contributed by atoms with E-state index in [1.54, 1.807) is 7.11 Å². The van der Waals surface area contributed by atoms with Gasteiger partial charge in [0.05, 0.1) is 12.4 Å². The maximum atomic E-state index is 12.1. The topological polar surface area (TPSA) is 58.6 Å². The van der Waals surface area contributed by atoms with Gasteiger partial charge in [-0.25, -0.2) is 13.1 Å². The van der Waals surface area contributed by atoms with Gasteiger partial charge < -0.3 is 4.74 Å². The van der Waals surface area contributed by atoms with Gasteiger partial charge in [0.15, 0.2) is 0 Å². The molecule has 1 fully saturated rings. The number of benzene rings is 1. The lowest BCUT2D eigenvalue weighted by molar-refractivity contribution is 0.330. The maximum absolute atomic E-state index is 12.1. The molecular formula is C16H26N2O3S. The minimum absolute atomic E-state index is 0.298. The molecule has 1 unspecified atom stereocenters. The number of hydrogen-bond donors (Lipinski definition) is 1. The predicted octanol–water partition coefficient (Wildman–Crippen LogP) is 1.83. The summed E-state index contributed by atoms with van der Waals surface area (Å²) in [5.41, 5.74) is 3.44. The molecule has 124 valence electrons. The Morgan fingerprint density at radius 3 is 2.50 bits per heavy atom. The fourth-order valence-corrected chi connectivity index (χ4v) is 4.69. The average Bonchev–Trinajstić information content (AvgIpc) is 2.87. The van der Waals surface area contributed by atoms with E-state index in [2.05, 4.69) is 21.8 Å². The number of rotatable bonds is 6. The molecule has 0 aromatic heterocycles. The molecule has 1 aliphatic heterocycles. The quantitative estimate of drug-likeness (QED) is 0.866. The van der Waals surface area contributed by atoms with Crippen LogP contribution in [-0.2, 0) is 16.6 Å². The molecule has 0 bridgehead atoms. The SMILES string of the molecule is CCNS(=O)(=O)C1CCN(Cc2cc(C)c(OC)c(C)c2)C1. The van der Waals surface area contributed by atoms with Crippen LogP contribution in [0.25, 0.3) is 0 Å². The lowest BCUT2D eigenvalue weighted by Crippen LogP contribution is -2.36. The second-order valence-corrected chi connectivity index (χ2v) is 8.00. The molecule has 0 spiro atoms. The van der Waals surface area contributed by atoms with Crippen LogP contribution in [0.2, 0.25) is 0 Å². The number of nitrogens with zero attached hydrogens (tertiary/aromatic N) is 1. The molecule has 2 rings (SSSR count). The molecule has 1 aliphatic rings. The predicted molar refractivity (Wildman–Crippen MR) is 88.7 cm³/mol. The first-order valence-corrected chi connectivity index (χ1v) is 9.27. The Kier molecular flexibility index (Phi) is 5.47. The number of aryl methyl sites for hydroxylation is 2. The van der Waals surface area contributed by atoms with Crippen LogP contribution in [0.4, 0.5) is 0 Å². The fourth-order valence-electron chi connectivity index (χ4n) is 3.22. The average molecular weight is 326 g/mol. The lowest BCUT2D eigenvalue weighted by atomic mass is 10.1. The smallest absolute Gasteiger partial charge is 0.215 e.